The highest BCUT2D eigenvalue weighted by Gasteiger charge is 2.54. The van der Waals surface area contributed by atoms with Crippen molar-refractivity contribution < 1.29 is 62.9 Å². The van der Waals surface area contributed by atoms with E-state index < -0.39 is 77.9 Å². The molecule has 330 valence electrons. The molecule has 3 aliphatic rings. The van der Waals surface area contributed by atoms with Gasteiger partial charge in [-0.2, -0.15) is 0 Å². The van der Waals surface area contributed by atoms with Crippen LogP contribution in [-0.2, 0) is 47.6 Å². The van der Waals surface area contributed by atoms with Crippen molar-refractivity contribution in [3.63, 3.8) is 0 Å². The number of carbonyl (C=O) groups excluding carboxylic acids is 4. The lowest BCUT2D eigenvalue weighted by Gasteiger charge is -2.51. The maximum atomic E-state index is 13.8. The maximum Gasteiger partial charge on any atom is 0.373 e. The number of allylic oxidation sites excluding steroid dienone is 7. The summed E-state index contributed by atoms with van der Waals surface area (Å²) >= 11 is 0. The molecule has 0 aromatic carbocycles. The van der Waals surface area contributed by atoms with Crippen LogP contribution in [0.15, 0.2) is 70.9 Å². The summed E-state index contributed by atoms with van der Waals surface area (Å²) in [6, 6.07) is 0. The Morgan fingerprint density at radius 3 is 2.27 bits per heavy atom. The van der Waals surface area contributed by atoms with Gasteiger partial charge in [0.2, 0.25) is 11.7 Å². The number of esters is 2. The molecule has 0 spiro atoms. The van der Waals surface area contributed by atoms with Crippen molar-refractivity contribution in [1.29, 1.82) is 0 Å². The molecule has 0 aromatic heterocycles. The van der Waals surface area contributed by atoms with Crippen molar-refractivity contribution in [1.82, 2.24) is 5.32 Å². The quantitative estimate of drug-likeness (QED) is 0.138. The molecule has 1 fully saturated rings. The van der Waals surface area contributed by atoms with E-state index in [1.165, 1.54) is 21.3 Å². The summed E-state index contributed by atoms with van der Waals surface area (Å²) in [7, 11) is 4.29. The number of ether oxygens (including phenoxy) is 6. The van der Waals surface area contributed by atoms with E-state index in [2.05, 4.69) is 5.32 Å². The molecule has 14 heteroatoms. The number of hydrogen-bond acceptors (Lipinski definition) is 13. The number of cyclic esters (lactones) is 1. The Bertz CT molecular complexity index is 1690. The fourth-order valence-corrected chi connectivity index (χ4v) is 8.25. The molecule has 4 N–H and O–H groups in total. The number of hydrogen-bond donors (Lipinski definition) is 4. The number of nitrogens with one attached hydrogen (secondary N) is 1. The number of carbonyl (C=O) groups is 4. The van der Waals surface area contributed by atoms with Crippen LogP contribution in [0.3, 0.4) is 0 Å². The number of ketones is 1. The third-order valence-electron chi connectivity index (χ3n) is 11.8. The van der Waals surface area contributed by atoms with Crippen molar-refractivity contribution in [3.05, 3.63) is 70.9 Å². The fraction of sp³-hybridized carbons (Fsp3) is 0.644. The van der Waals surface area contributed by atoms with Gasteiger partial charge in [0.25, 0.3) is 0 Å². The van der Waals surface area contributed by atoms with Crippen LogP contribution in [0, 0.1) is 35.5 Å². The standard InChI is InChI=1S/C45H67NO13/c1-24(2)42-29(7)36(57-38(50)19-18-37(49)46-39-32(47)16-17-33(39)48)23-45(56-12,59-42)31(9)41(52)30(8)43-34(54-10)15-13-14-25(3)20-27(5)40(51)28(6)21-26(4)22-35(55-11)44(53)58-43/h13-15,18-19,21-22,24,27-31,34,36,40-43,47,51-52H,16-17,20,23H2,1-12H3,(H,46,49)/b15-13+,19-18+,25-14+,26-21+,35-22+/t27-,28-,29+,30+,31+,34+,36-,40+,41-,42-,43-,45-/m1/s1. The average Bonchev–Trinajstić information content (AvgIpc) is 3.51. The van der Waals surface area contributed by atoms with Gasteiger partial charge in [-0.15, -0.1) is 0 Å². The largest absolute Gasteiger partial charge is 0.510 e. The number of aliphatic hydroxyl groups excluding tert-OH is 3. The molecule has 0 bridgehead atoms. The minimum atomic E-state index is -1.49. The number of Topliss-reactive ketones (excluding diaryl/α,β-unsaturated/α-hetero) is 1. The minimum Gasteiger partial charge on any atom is -0.510 e. The van der Waals surface area contributed by atoms with Gasteiger partial charge in [0.15, 0.2) is 11.6 Å². The van der Waals surface area contributed by atoms with E-state index in [0.29, 0.717) is 12.0 Å². The summed E-state index contributed by atoms with van der Waals surface area (Å²) in [4.78, 5) is 51.4. The number of rotatable bonds is 12. The fourth-order valence-electron chi connectivity index (χ4n) is 8.25. The Morgan fingerprint density at radius 2 is 1.69 bits per heavy atom. The van der Waals surface area contributed by atoms with Gasteiger partial charge < -0.3 is 49.1 Å². The van der Waals surface area contributed by atoms with Crippen LogP contribution in [0.4, 0.5) is 0 Å². The molecule has 2 heterocycles. The zero-order chi connectivity index (χ0) is 44.4. The predicted octanol–water partition coefficient (Wildman–Crippen LogP) is 5.70. The summed E-state index contributed by atoms with van der Waals surface area (Å²) in [6.07, 6.45) is 6.62. The lowest BCUT2D eigenvalue weighted by atomic mass is 9.76. The van der Waals surface area contributed by atoms with Crippen molar-refractivity contribution in [2.45, 2.75) is 130 Å². The monoisotopic (exact) mass is 829 g/mol. The van der Waals surface area contributed by atoms with Gasteiger partial charge in [0, 0.05) is 69.3 Å². The molecular weight excluding hydrogens is 762 g/mol. The van der Waals surface area contributed by atoms with Crippen molar-refractivity contribution in [3.8, 4) is 0 Å². The van der Waals surface area contributed by atoms with E-state index >= 15 is 0 Å². The molecule has 2 aliphatic heterocycles. The highest BCUT2D eigenvalue weighted by Crippen LogP contribution is 2.44. The Morgan fingerprint density at radius 1 is 1.02 bits per heavy atom. The first-order valence-corrected chi connectivity index (χ1v) is 20.5. The topological polar surface area (TPSA) is 196 Å². The Labute approximate surface area is 349 Å². The minimum absolute atomic E-state index is 0.00964. The number of aliphatic hydroxyl groups is 3. The van der Waals surface area contributed by atoms with Crippen molar-refractivity contribution in [2.24, 2.45) is 35.5 Å². The lowest BCUT2D eigenvalue weighted by Crippen LogP contribution is -2.60. The first-order chi connectivity index (χ1) is 27.7. The van der Waals surface area contributed by atoms with E-state index in [9.17, 15) is 34.5 Å². The average molecular weight is 830 g/mol. The van der Waals surface area contributed by atoms with Crippen LogP contribution in [0.2, 0.25) is 0 Å². The van der Waals surface area contributed by atoms with Gasteiger partial charge in [-0.05, 0) is 38.2 Å². The highest BCUT2D eigenvalue weighted by molar-refractivity contribution is 6.04. The highest BCUT2D eigenvalue weighted by atomic mass is 16.7. The van der Waals surface area contributed by atoms with Crippen LogP contribution >= 0.6 is 0 Å². The molecule has 1 amide bonds. The molecule has 0 unspecified atom stereocenters. The van der Waals surface area contributed by atoms with Gasteiger partial charge >= 0.3 is 11.9 Å². The summed E-state index contributed by atoms with van der Waals surface area (Å²) < 4.78 is 36.3. The predicted molar refractivity (Wildman–Crippen MR) is 220 cm³/mol. The van der Waals surface area contributed by atoms with E-state index in [1.807, 2.05) is 60.6 Å². The van der Waals surface area contributed by atoms with E-state index in [4.69, 9.17) is 28.4 Å². The first kappa shape index (κ1) is 49.3. The van der Waals surface area contributed by atoms with Crippen LogP contribution in [0.1, 0.15) is 88.0 Å². The molecule has 14 nitrogen and oxygen atoms in total. The third-order valence-corrected chi connectivity index (χ3v) is 11.8. The number of methoxy groups -OCH3 is 3. The van der Waals surface area contributed by atoms with Gasteiger partial charge in [-0.1, -0.05) is 83.9 Å². The zero-order valence-electron chi connectivity index (χ0n) is 36.7. The molecule has 0 radical (unpaired) electrons. The van der Waals surface area contributed by atoms with Gasteiger partial charge in [-0.3, -0.25) is 9.59 Å². The summed E-state index contributed by atoms with van der Waals surface area (Å²) in [6.45, 7) is 17.0. The molecule has 0 aromatic rings. The SMILES string of the molecule is CO/C1=C/C(C)=C/[C@@H](C)[C@@H](O)[C@H](C)C/C(C)=C/C=C/[C@H](OC)[C@@H]([C@@H](C)[C@@H](O)[C@H](C)[C@@]2(OC)C[C@@H](OC(=O)/C=C/C(=O)NC3=C(O)CCC3=O)[C@H](C)[C@@H](C(C)C)O2)OC1=O. The molecule has 1 saturated heterocycles. The van der Waals surface area contributed by atoms with Gasteiger partial charge in [-0.25, -0.2) is 9.59 Å². The Kier molecular flexibility index (Phi) is 18.3. The molecule has 0 saturated carbocycles. The normalized spacial score (nSPS) is 35.1. The van der Waals surface area contributed by atoms with E-state index in [-0.39, 0.29) is 60.1 Å². The van der Waals surface area contributed by atoms with E-state index in [0.717, 1.165) is 17.7 Å². The Balaban J connectivity index is 1.96. The van der Waals surface area contributed by atoms with E-state index in [1.54, 1.807) is 32.1 Å². The van der Waals surface area contributed by atoms with Crippen LogP contribution in [-0.4, -0.2) is 103 Å². The van der Waals surface area contributed by atoms with Crippen LogP contribution in [0.25, 0.3) is 0 Å². The van der Waals surface area contributed by atoms with Gasteiger partial charge in [0.05, 0.1) is 25.4 Å². The second kappa shape index (κ2) is 22.0. The van der Waals surface area contributed by atoms with Crippen molar-refractivity contribution >= 4 is 23.6 Å². The summed E-state index contributed by atoms with van der Waals surface area (Å²) in [5.74, 6) is -6.84. The van der Waals surface area contributed by atoms with Crippen molar-refractivity contribution in [2.75, 3.05) is 21.3 Å². The summed E-state index contributed by atoms with van der Waals surface area (Å²) in [5.41, 5.74) is 1.53. The van der Waals surface area contributed by atoms with Gasteiger partial charge in [0.1, 0.15) is 29.8 Å². The lowest BCUT2D eigenvalue weighted by molar-refractivity contribution is -0.339. The maximum absolute atomic E-state index is 13.8. The molecule has 3 rings (SSSR count). The smallest absolute Gasteiger partial charge is 0.373 e. The second-order valence-corrected chi connectivity index (χ2v) is 16.7. The second-order valence-electron chi connectivity index (χ2n) is 16.7. The summed E-state index contributed by atoms with van der Waals surface area (Å²) in [5, 5.41) is 35.5. The van der Waals surface area contributed by atoms with Crippen LogP contribution < -0.4 is 5.32 Å². The molecule has 1 aliphatic carbocycles. The molecular formula is C45H67NO13. The zero-order valence-corrected chi connectivity index (χ0v) is 36.7. The van der Waals surface area contributed by atoms with Crippen LogP contribution in [0.5, 0.6) is 0 Å². The number of amides is 1. The first-order valence-electron chi connectivity index (χ1n) is 20.5. The Hall–Kier alpha value is -4.08. The molecule has 12 atom stereocenters. The molecule has 59 heavy (non-hydrogen) atoms. The third kappa shape index (κ3) is 12.7.